The number of hydrogen-bond acceptors (Lipinski definition) is 7. The molecule has 11 atom stereocenters. The quantitative estimate of drug-likeness (QED) is 0.439. The molecule has 3 saturated carbocycles. The molecule has 0 aromatic heterocycles. The summed E-state index contributed by atoms with van der Waals surface area (Å²) in [6, 6.07) is 0. The molecular weight excluding hydrogens is 436 g/mol. The number of carbonyl (C=O) groups is 3. The first-order chi connectivity index (χ1) is 16.1. The average Bonchev–Trinajstić information content (AvgIpc) is 3.21. The maximum absolute atomic E-state index is 12.2. The fourth-order valence-corrected chi connectivity index (χ4v) is 9.96. The predicted octanol–water partition coefficient (Wildman–Crippen LogP) is 4.16. The summed E-state index contributed by atoms with van der Waals surface area (Å²) in [5.41, 5.74) is -1.14. The lowest BCUT2D eigenvalue weighted by atomic mass is 9.38. The van der Waals surface area contributed by atoms with Crippen LogP contribution in [0.2, 0.25) is 0 Å². The van der Waals surface area contributed by atoms with Crippen LogP contribution in [-0.4, -0.2) is 42.5 Å². The molecular formula is C27H38O7. The summed E-state index contributed by atoms with van der Waals surface area (Å²) in [4.78, 5) is 36.6. The minimum atomic E-state index is -1.04. The molecule has 0 radical (unpaired) electrons. The number of esters is 2. The maximum atomic E-state index is 12.2. The van der Waals surface area contributed by atoms with Crippen LogP contribution in [0.15, 0.2) is 0 Å². The standard InChI is InChI=1S/C27H38O7/c1-15(29)31-20-12-17-16(22-33-23-27(20,34-22)13-21(30)32-23)6-7-19-25(17,3)11-8-18-24(2,14-28)9-5-10-26(18,19)4/h14,16-20,22-23H,5-13H2,1-4H3/t16-,17+,18?,19?,20+,22+,23+,24+,25-,26-,27-/m0/s1. The van der Waals surface area contributed by atoms with Crippen molar-refractivity contribution in [1.29, 1.82) is 0 Å². The Labute approximate surface area is 201 Å². The molecule has 2 unspecified atom stereocenters. The monoisotopic (exact) mass is 474 g/mol. The molecule has 3 aliphatic heterocycles. The van der Waals surface area contributed by atoms with Crippen molar-refractivity contribution in [3.05, 3.63) is 0 Å². The van der Waals surface area contributed by atoms with E-state index in [2.05, 4.69) is 20.8 Å². The van der Waals surface area contributed by atoms with E-state index >= 15 is 0 Å². The van der Waals surface area contributed by atoms with Crippen molar-refractivity contribution < 1.29 is 33.3 Å². The fourth-order valence-electron chi connectivity index (χ4n) is 9.96. The fraction of sp³-hybridized carbons (Fsp3) is 0.889. The van der Waals surface area contributed by atoms with Crippen LogP contribution in [0.3, 0.4) is 0 Å². The van der Waals surface area contributed by atoms with Crippen molar-refractivity contribution in [1.82, 2.24) is 0 Å². The van der Waals surface area contributed by atoms with Gasteiger partial charge in [-0.1, -0.05) is 27.2 Å². The molecule has 6 fully saturated rings. The second-order valence-corrected chi connectivity index (χ2v) is 12.9. The largest absolute Gasteiger partial charge is 0.459 e. The number of ether oxygens (including phenoxy) is 4. The summed E-state index contributed by atoms with van der Waals surface area (Å²) in [6.07, 6.45) is 7.53. The molecule has 3 saturated heterocycles. The van der Waals surface area contributed by atoms with Crippen LogP contribution in [0.5, 0.6) is 0 Å². The van der Waals surface area contributed by atoms with Crippen LogP contribution < -0.4 is 0 Å². The maximum Gasteiger partial charge on any atom is 0.311 e. The topological polar surface area (TPSA) is 88.1 Å². The lowest BCUT2D eigenvalue weighted by molar-refractivity contribution is -0.221. The third-order valence-corrected chi connectivity index (χ3v) is 11.3. The highest BCUT2D eigenvalue weighted by Crippen LogP contribution is 2.71. The Morgan fingerprint density at radius 2 is 1.85 bits per heavy atom. The highest BCUT2D eigenvalue weighted by Gasteiger charge is 2.71. The third-order valence-electron chi connectivity index (χ3n) is 11.3. The first kappa shape index (κ1) is 23.0. The second-order valence-electron chi connectivity index (χ2n) is 12.9. The van der Waals surface area contributed by atoms with E-state index in [1.165, 1.54) is 13.2 Å². The number of rotatable bonds is 2. The molecule has 3 aliphatic carbocycles. The van der Waals surface area contributed by atoms with Gasteiger partial charge in [0.1, 0.15) is 12.4 Å². The van der Waals surface area contributed by atoms with Crippen LogP contribution in [0.4, 0.5) is 0 Å². The minimum Gasteiger partial charge on any atom is -0.459 e. The van der Waals surface area contributed by atoms with E-state index in [9.17, 15) is 14.4 Å². The first-order valence-corrected chi connectivity index (χ1v) is 13.2. The Morgan fingerprint density at radius 3 is 2.59 bits per heavy atom. The van der Waals surface area contributed by atoms with E-state index in [1.807, 2.05) is 0 Å². The van der Waals surface area contributed by atoms with Gasteiger partial charge in [-0.25, -0.2) is 0 Å². The van der Waals surface area contributed by atoms with Crippen LogP contribution in [-0.2, 0) is 33.3 Å². The molecule has 1 spiro atoms. The molecule has 6 rings (SSSR count). The predicted molar refractivity (Wildman–Crippen MR) is 120 cm³/mol. The molecule has 34 heavy (non-hydrogen) atoms. The molecule has 0 aromatic rings. The van der Waals surface area contributed by atoms with Gasteiger partial charge >= 0.3 is 11.9 Å². The van der Waals surface area contributed by atoms with E-state index in [-0.39, 0.29) is 46.4 Å². The van der Waals surface area contributed by atoms with E-state index < -0.39 is 24.3 Å². The molecule has 2 bridgehead atoms. The zero-order chi connectivity index (χ0) is 24.1. The summed E-state index contributed by atoms with van der Waals surface area (Å²) in [6.45, 7) is 8.46. The van der Waals surface area contributed by atoms with Crippen LogP contribution in [0.1, 0.15) is 85.5 Å². The Bertz CT molecular complexity index is 919. The lowest BCUT2D eigenvalue weighted by Crippen LogP contribution is -2.61. The Hall–Kier alpha value is -1.47. The molecule has 3 heterocycles. The SMILES string of the molecule is CC(=O)O[C@@H]1C[C@@H]2[C@H](CCC3[C@@]4(C)CCC[C@](C)(C=O)C4CC[C@]32C)[C@@H]2O[C@H]3OC(=O)C[C@@]31O2. The van der Waals surface area contributed by atoms with Crippen molar-refractivity contribution in [3.63, 3.8) is 0 Å². The van der Waals surface area contributed by atoms with Crippen molar-refractivity contribution >= 4 is 18.2 Å². The van der Waals surface area contributed by atoms with Crippen LogP contribution >= 0.6 is 0 Å². The van der Waals surface area contributed by atoms with Gasteiger partial charge in [0.25, 0.3) is 0 Å². The zero-order valence-electron chi connectivity index (χ0n) is 20.8. The van der Waals surface area contributed by atoms with Gasteiger partial charge in [-0.15, -0.1) is 0 Å². The van der Waals surface area contributed by atoms with Gasteiger partial charge in [-0.05, 0) is 73.5 Å². The van der Waals surface area contributed by atoms with Gasteiger partial charge in [0.15, 0.2) is 11.9 Å². The summed E-state index contributed by atoms with van der Waals surface area (Å²) < 4.78 is 24.1. The van der Waals surface area contributed by atoms with Gasteiger partial charge in [-0.3, -0.25) is 9.59 Å². The van der Waals surface area contributed by atoms with E-state index in [0.29, 0.717) is 18.3 Å². The number of fused-ring (bicyclic) bond motifs is 7. The zero-order valence-corrected chi connectivity index (χ0v) is 20.8. The first-order valence-electron chi connectivity index (χ1n) is 13.2. The van der Waals surface area contributed by atoms with Gasteiger partial charge in [0, 0.05) is 18.3 Å². The van der Waals surface area contributed by atoms with E-state index in [4.69, 9.17) is 18.9 Å². The molecule has 0 N–H and O–H groups in total. The number of aldehydes is 1. The van der Waals surface area contributed by atoms with E-state index in [0.717, 1.165) is 44.9 Å². The van der Waals surface area contributed by atoms with Crippen molar-refractivity contribution in [2.45, 2.75) is 110 Å². The molecule has 7 nitrogen and oxygen atoms in total. The van der Waals surface area contributed by atoms with Crippen molar-refractivity contribution in [3.8, 4) is 0 Å². The third kappa shape index (κ3) is 2.86. The summed E-state index contributed by atoms with van der Waals surface area (Å²) >= 11 is 0. The highest BCUT2D eigenvalue weighted by molar-refractivity contribution is 5.74. The summed E-state index contributed by atoms with van der Waals surface area (Å²) in [5.74, 6) is 0.582. The molecule has 6 aliphatic rings. The van der Waals surface area contributed by atoms with Gasteiger partial charge in [0.05, 0.1) is 6.42 Å². The van der Waals surface area contributed by atoms with E-state index in [1.54, 1.807) is 0 Å². The van der Waals surface area contributed by atoms with Gasteiger partial charge in [-0.2, -0.15) is 0 Å². The highest BCUT2D eigenvalue weighted by atomic mass is 16.8. The van der Waals surface area contributed by atoms with Crippen molar-refractivity contribution in [2.24, 2.45) is 39.9 Å². The number of carbonyl (C=O) groups excluding carboxylic acids is 3. The van der Waals surface area contributed by atoms with Gasteiger partial charge in [0.2, 0.25) is 6.29 Å². The molecule has 7 heteroatoms. The smallest absolute Gasteiger partial charge is 0.311 e. The summed E-state index contributed by atoms with van der Waals surface area (Å²) in [7, 11) is 0. The van der Waals surface area contributed by atoms with Crippen LogP contribution in [0.25, 0.3) is 0 Å². The second kappa shape index (κ2) is 7.28. The van der Waals surface area contributed by atoms with Crippen molar-refractivity contribution in [2.75, 3.05) is 0 Å². The normalized spacial score (nSPS) is 55.6. The lowest BCUT2D eigenvalue weighted by Gasteiger charge is -2.66. The van der Waals surface area contributed by atoms with Gasteiger partial charge < -0.3 is 23.7 Å². The Balaban J connectivity index is 1.38. The van der Waals surface area contributed by atoms with Crippen LogP contribution in [0, 0.1) is 39.9 Å². The Morgan fingerprint density at radius 1 is 1.06 bits per heavy atom. The average molecular weight is 475 g/mol. The Kier molecular flexibility index (Phi) is 4.92. The minimum absolute atomic E-state index is 0.0283. The molecule has 188 valence electrons. The molecule has 0 amide bonds. The number of hydrogen-bond donors (Lipinski definition) is 0. The summed E-state index contributed by atoms with van der Waals surface area (Å²) in [5, 5.41) is 0. The molecule has 0 aromatic carbocycles.